The van der Waals surface area contributed by atoms with E-state index in [9.17, 15) is 0 Å². The van der Waals surface area contributed by atoms with Gasteiger partial charge in [-0.3, -0.25) is 0 Å². The maximum Gasteiger partial charge on any atom is 0.0443 e. The number of nitrogens with zero attached hydrogens (tertiary/aromatic N) is 2. The van der Waals surface area contributed by atoms with Crippen LogP contribution in [-0.4, -0.2) is 13.1 Å². The third-order valence-corrected chi connectivity index (χ3v) is 13.2. The van der Waals surface area contributed by atoms with Crippen molar-refractivity contribution in [2.75, 3.05) is 22.9 Å². The summed E-state index contributed by atoms with van der Waals surface area (Å²) in [5, 5.41) is 10.1. The van der Waals surface area contributed by atoms with Crippen molar-refractivity contribution in [3.05, 3.63) is 205 Å². The van der Waals surface area contributed by atoms with E-state index in [4.69, 9.17) is 0 Å². The van der Waals surface area contributed by atoms with E-state index in [0.29, 0.717) is 0 Å². The van der Waals surface area contributed by atoms with E-state index in [0.717, 1.165) is 38.8 Å². The highest BCUT2D eigenvalue weighted by Gasteiger charge is 2.24. The molecule has 0 saturated carbocycles. The maximum absolute atomic E-state index is 2.55. The Kier molecular flexibility index (Phi) is 8.30. The maximum atomic E-state index is 2.55. The topological polar surface area (TPSA) is 6.48 Å². The van der Waals surface area contributed by atoms with Gasteiger partial charge in [0.05, 0.1) is 0 Å². The first-order valence-electron chi connectivity index (χ1n) is 21.6. The first kappa shape index (κ1) is 34.8. The lowest BCUT2D eigenvalue weighted by Gasteiger charge is -2.32. The predicted octanol–water partition coefficient (Wildman–Crippen LogP) is 15.5. The van der Waals surface area contributed by atoms with Crippen molar-refractivity contribution in [2.45, 2.75) is 25.7 Å². The molecule has 0 radical (unpaired) electrons. The molecule has 0 N–H and O–H groups in total. The van der Waals surface area contributed by atoms with Gasteiger partial charge in [-0.05, 0) is 168 Å². The number of rotatable bonds is 5. The molecule has 10 aromatic carbocycles. The van der Waals surface area contributed by atoms with Crippen LogP contribution in [0, 0.1) is 0 Å². The zero-order valence-corrected chi connectivity index (χ0v) is 33.6. The summed E-state index contributed by atoms with van der Waals surface area (Å²) in [7, 11) is 0. The van der Waals surface area contributed by atoms with Crippen LogP contribution in [0.1, 0.15) is 24.0 Å². The van der Waals surface area contributed by atoms with Gasteiger partial charge in [-0.2, -0.15) is 0 Å². The minimum absolute atomic E-state index is 1.00. The van der Waals surface area contributed by atoms with Gasteiger partial charge in [0, 0.05) is 35.8 Å². The molecule has 0 unspecified atom stereocenters. The normalized spacial score (nSPS) is 13.9. The molecule has 286 valence electrons. The Balaban J connectivity index is 1.15. The average Bonchev–Trinajstić information content (AvgIpc) is 3.32. The SMILES string of the molecule is c1cc(-c2ccc3ccccc3c2)cc(-c2c3ccc(N4CCCc5ccccc54)cc3c(-c3ccc4ccccc4c3)c3ccc(N4CCCc5ccccc54)cc23)c1. The second kappa shape index (κ2) is 14.3. The van der Waals surface area contributed by atoms with Crippen LogP contribution in [0.2, 0.25) is 0 Å². The van der Waals surface area contributed by atoms with Crippen molar-refractivity contribution >= 4 is 65.8 Å². The van der Waals surface area contributed by atoms with Gasteiger partial charge in [-0.15, -0.1) is 0 Å². The quantitative estimate of drug-likeness (QED) is 0.161. The van der Waals surface area contributed by atoms with E-state index in [-0.39, 0.29) is 0 Å². The summed E-state index contributed by atoms with van der Waals surface area (Å²) in [6.45, 7) is 2.00. The Morgan fingerprint density at radius 2 is 0.750 bits per heavy atom. The highest BCUT2D eigenvalue weighted by molar-refractivity contribution is 6.23. The lowest BCUT2D eigenvalue weighted by molar-refractivity contribution is 0.767. The molecule has 2 heterocycles. The molecule has 2 aliphatic rings. The average molecular weight is 769 g/mol. The van der Waals surface area contributed by atoms with Gasteiger partial charge in [-0.1, -0.05) is 140 Å². The first-order chi connectivity index (χ1) is 29.7. The van der Waals surface area contributed by atoms with Crippen LogP contribution >= 0.6 is 0 Å². The molecule has 10 aromatic rings. The van der Waals surface area contributed by atoms with Crippen LogP contribution in [0.4, 0.5) is 22.7 Å². The van der Waals surface area contributed by atoms with Crippen LogP contribution in [0.3, 0.4) is 0 Å². The van der Waals surface area contributed by atoms with Crippen molar-refractivity contribution in [1.29, 1.82) is 0 Å². The molecular weight excluding hydrogens is 725 g/mol. The zero-order valence-electron chi connectivity index (χ0n) is 33.6. The highest BCUT2D eigenvalue weighted by atomic mass is 15.1. The molecular formula is C58H44N2. The summed E-state index contributed by atoms with van der Waals surface area (Å²) < 4.78 is 0. The monoisotopic (exact) mass is 768 g/mol. The minimum Gasteiger partial charge on any atom is -0.341 e. The Hall–Kier alpha value is -7.16. The van der Waals surface area contributed by atoms with Crippen LogP contribution in [0.5, 0.6) is 0 Å². The fourth-order valence-electron chi connectivity index (χ4n) is 10.3. The number of hydrogen-bond donors (Lipinski definition) is 0. The molecule has 0 aromatic heterocycles. The van der Waals surface area contributed by atoms with Crippen molar-refractivity contribution in [1.82, 2.24) is 0 Å². The number of fused-ring (bicyclic) bond motifs is 6. The van der Waals surface area contributed by atoms with Crippen LogP contribution in [0.25, 0.3) is 76.5 Å². The molecule has 60 heavy (non-hydrogen) atoms. The molecule has 0 saturated heterocycles. The summed E-state index contributed by atoms with van der Waals surface area (Å²) in [5.41, 5.74) is 15.5. The second-order valence-electron chi connectivity index (χ2n) is 16.7. The molecule has 0 fully saturated rings. The van der Waals surface area contributed by atoms with Gasteiger partial charge < -0.3 is 9.80 Å². The summed E-state index contributed by atoms with van der Waals surface area (Å²) in [5.74, 6) is 0. The lowest BCUT2D eigenvalue weighted by Crippen LogP contribution is -2.24. The number of anilines is 4. The number of para-hydroxylation sites is 2. The second-order valence-corrected chi connectivity index (χ2v) is 16.7. The Labute approximate surface area is 351 Å². The largest absolute Gasteiger partial charge is 0.341 e. The van der Waals surface area contributed by atoms with E-state index < -0.39 is 0 Å². The number of benzene rings is 10. The summed E-state index contributed by atoms with van der Waals surface area (Å²) in [6.07, 6.45) is 4.51. The van der Waals surface area contributed by atoms with Gasteiger partial charge in [0.15, 0.2) is 0 Å². The van der Waals surface area contributed by atoms with Crippen molar-refractivity contribution in [2.24, 2.45) is 0 Å². The molecule has 0 aliphatic carbocycles. The Bertz CT molecular complexity index is 3300. The molecule has 0 bridgehead atoms. The van der Waals surface area contributed by atoms with E-state index >= 15 is 0 Å². The molecule has 12 rings (SSSR count). The fourth-order valence-corrected chi connectivity index (χ4v) is 10.3. The molecule has 0 spiro atoms. The van der Waals surface area contributed by atoms with E-state index in [1.54, 1.807) is 0 Å². The summed E-state index contributed by atoms with van der Waals surface area (Å²) in [6, 6.07) is 73.1. The Morgan fingerprint density at radius 1 is 0.300 bits per heavy atom. The smallest absolute Gasteiger partial charge is 0.0443 e. The van der Waals surface area contributed by atoms with Gasteiger partial charge >= 0.3 is 0 Å². The Morgan fingerprint density at radius 3 is 1.33 bits per heavy atom. The minimum atomic E-state index is 1.00. The molecule has 2 heteroatoms. The summed E-state index contributed by atoms with van der Waals surface area (Å²) in [4.78, 5) is 5.09. The van der Waals surface area contributed by atoms with Gasteiger partial charge in [0.25, 0.3) is 0 Å². The van der Waals surface area contributed by atoms with Crippen molar-refractivity contribution in [3.8, 4) is 33.4 Å². The highest BCUT2D eigenvalue weighted by Crippen LogP contribution is 2.48. The molecule has 2 aliphatic heterocycles. The lowest BCUT2D eigenvalue weighted by atomic mass is 9.84. The number of hydrogen-bond acceptors (Lipinski definition) is 2. The zero-order chi connectivity index (χ0) is 39.6. The van der Waals surface area contributed by atoms with Gasteiger partial charge in [0.1, 0.15) is 0 Å². The van der Waals surface area contributed by atoms with Crippen molar-refractivity contribution in [3.63, 3.8) is 0 Å². The predicted molar refractivity (Wildman–Crippen MR) is 256 cm³/mol. The summed E-state index contributed by atoms with van der Waals surface area (Å²) >= 11 is 0. The molecule has 0 amide bonds. The third kappa shape index (κ3) is 5.86. The fraction of sp³-hybridized carbons (Fsp3) is 0.103. The van der Waals surface area contributed by atoms with Crippen LogP contribution in [-0.2, 0) is 12.8 Å². The van der Waals surface area contributed by atoms with E-state index in [2.05, 4.69) is 204 Å². The molecule has 2 nitrogen and oxygen atoms in total. The van der Waals surface area contributed by atoms with Gasteiger partial charge in [0.2, 0.25) is 0 Å². The number of aryl methyl sites for hydroxylation is 2. The molecule has 0 atom stereocenters. The van der Waals surface area contributed by atoms with E-state index in [1.165, 1.54) is 110 Å². The standard InChI is InChI=1S/C58H44N2/c1-3-16-43-34-46(26-24-39(43)12-1)45-18-9-19-47(36-45)57-51-30-28-50(60-33-11-21-42-15-6-8-23-56(42)60)38-54(51)58(48-27-25-40-13-2-4-17-44(40)35-48)52-31-29-49(37-53(52)57)59-32-10-20-41-14-5-7-22-55(41)59/h1-9,12-19,22-31,34-38H,10-11,20-21,32-33H2. The van der Waals surface area contributed by atoms with Crippen molar-refractivity contribution < 1.29 is 0 Å². The first-order valence-corrected chi connectivity index (χ1v) is 21.6. The van der Waals surface area contributed by atoms with Crippen LogP contribution in [0.15, 0.2) is 194 Å². The third-order valence-electron chi connectivity index (χ3n) is 13.2. The van der Waals surface area contributed by atoms with E-state index in [1.807, 2.05) is 0 Å². The van der Waals surface area contributed by atoms with Crippen LogP contribution < -0.4 is 9.80 Å². The van der Waals surface area contributed by atoms with Gasteiger partial charge in [-0.25, -0.2) is 0 Å².